The maximum absolute atomic E-state index is 13.0. The first-order chi connectivity index (χ1) is 15.5. The Kier molecular flexibility index (Phi) is 5.76. The van der Waals surface area contributed by atoms with Gasteiger partial charge in [-0.15, -0.1) is 0 Å². The molecule has 0 spiro atoms. The topological polar surface area (TPSA) is 61.7 Å². The zero-order valence-electron chi connectivity index (χ0n) is 19.1. The molecule has 1 aromatic heterocycles. The number of likely N-dealkylation sites (tertiary alicyclic amines) is 2. The van der Waals surface area contributed by atoms with Gasteiger partial charge >= 0.3 is 6.03 Å². The highest BCUT2D eigenvalue weighted by atomic mass is 16.2. The third-order valence-electron chi connectivity index (χ3n) is 7.59. The van der Waals surface area contributed by atoms with Crippen LogP contribution in [0, 0.1) is 18.8 Å². The summed E-state index contributed by atoms with van der Waals surface area (Å²) >= 11 is 0. The van der Waals surface area contributed by atoms with E-state index in [-0.39, 0.29) is 11.9 Å². The van der Waals surface area contributed by atoms with Gasteiger partial charge in [0.1, 0.15) is 0 Å². The van der Waals surface area contributed by atoms with E-state index in [4.69, 9.17) is 0 Å². The average molecular weight is 436 g/mol. The fourth-order valence-corrected chi connectivity index (χ4v) is 5.68. The van der Waals surface area contributed by atoms with E-state index in [1.165, 1.54) is 22.0 Å². The lowest BCUT2D eigenvalue weighted by Gasteiger charge is -2.26. The van der Waals surface area contributed by atoms with Crippen molar-refractivity contribution in [2.75, 3.05) is 33.2 Å². The van der Waals surface area contributed by atoms with Crippen molar-refractivity contribution in [3.05, 3.63) is 53.3 Å². The molecule has 5 rings (SSSR count). The van der Waals surface area contributed by atoms with Crippen LogP contribution in [0.2, 0.25) is 0 Å². The Hall–Kier alpha value is -2.67. The van der Waals surface area contributed by atoms with Crippen LogP contribution in [-0.2, 0) is 6.54 Å². The van der Waals surface area contributed by atoms with E-state index >= 15 is 0 Å². The molecule has 1 aliphatic carbocycles. The van der Waals surface area contributed by atoms with E-state index < -0.39 is 0 Å². The molecule has 1 aromatic carbocycles. The zero-order valence-corrected chi connectivity index (χ0v) is 19.1. The van der Waals surface area contributed by atoms with Gasteiger partial charge in [-0.2, -0.15) is 9.78 Å². The number of hydrogen-bond donors (Lipinski definition) is 0. The van der Waals surface area contributed by atoms with Gasteiger partial charge in [0.25, 0.3) is 5.91 Å². The molecule has 2 aliphatic heterocycles. The van der Waals surface area contributed by atoms with Crippen molar-refractivity contribution in [1.82, 2.24) is 24.5 Å². The van der Waals surface area contributed by atoms with Crippen LogP contribution in [0.5, 0.6) is 0 Å². The Labute approximate surface area is 190 Å². The summed E-state index contributed by atoms with van der Waals surface area (Å²) in [6.45, 7) is 6.25. The van der Waals surface area contributed by atoms with E-state index in [2.05, 4.69) is 48.2 Å². The summed E-state index contributed by atoms with van der Waals surface area (Å²) in [5.74, 6) is 1.08. The van der Waals surface area contributed by atoms with Gasteiger partial charge in [0.2, 0.25) is 0 Å². The van der Waals surface area contributed by atoms with Gasteiger partial charge in [-0.25, -0.2) is 4.79 Å². The second kappa shape index (κ2) is 8.70. The van der Waals surface area contributed by atoms with Crippen LogP contribution in [0.3, 0.4) is 0 Å². The van der Waals surface area contributed by atoms with Crippen LogP contribution in [0.4, 0.5) is 4.79 Å². The number of carbonyl (C=O) groups excluding carboxylic acids is 2. The van der Waals surface area contributed by atoms with Crippen molar-refractivity contribution in [3.8, 4) is 0 Å². The molecule has 170 valence electrons. The molecule has 3 aliphatic rings. The summed E-state index contributed by atoms with van der Waals surface area (Å²) in [7, 11) is 2.22. The summed E-state index contributed by atoms with van der Waals surface area (Å²) in [4.78, 5) is 31.8. The SMILES string of the molecule is Cc1ccc(CN(C)C2C[C@@H]3CN(C(=O)n4cc(C(=O)N5CCCC5)cn4)C[C@@H]3C2)cc1. The lowest BCUT2D eigenvalue weighted by atomic mass is 10.0. The predicted molar refractivity (Wildman–Crippen MR) is 122 cm³/mol. The van der Waals surface area contributed by atoms with Crippen LogP contribution < -0.4 is 0 Å². The number of hydrogen-bond acceptors (Lipinski definition) is 4. The summed E-state index contributed by atoms with van der Waals surface area (Å²) in [5, 5.41) is 4.21. The van der Waals surface area contributed by atoms with Gasteiger partial charge < -0.3 is 9.80 Å². The van der Waals surface area contributed by atoms with Gasteiger partial charge in [-0.3, -0.25) is 9.69 Å². The standard InChI is InChI=1S/C25H33N5O2/c1-18-5-7-19(8-6-18)14-27(2)23-11-20-15-29(16-21(20)12-23)25(32)30-17-22(13-26-30)24(31)28-9-3-4-10-28/h5-8,13,17,20-21,23H,3-4,9-12,14-16H2,1-2H3/t20-,21+,23?. The fraction of sp³-hybridized carbons (Fsp3) is 0.560. The van der Waals surface area contributed by atoms with Crippen LogP contribution >= 0.6 is 0 Å². The number of benzene rings is 1. The Morgan fingerprint density at radius 2 is 1.69 bits per heavy atom. The summed E-state index contributed by atoms with van der Waals surface area (Å²) < 4.78 is 1.35. The molecule has 0 N–H and O–H groups in total. The lowest BCUT2D eigenvalue weighted by molar-refractivity contribution is 0.0793. The van der Waals surface area contributed by atoms with Gasteiger partial charge in [-0.1, -0.05) is 29.8 Å². The predicted octanol–water partition coefficient (Wildman–Crippen LogP) is 3.24. The van der Waals surface area contributed by atoms with E-state index in [1.807, 2.05) is 9.80 Å². The number of aromatic nitrogens is 2. The summed E-state index contributed by atoms with van der Waals surface area (Å²) in [5.41, 5.74) is 3.16. The molecule has 1 unspecified atom stereocenters. The highest BCUT2D eigenvalue weighted by Crippen LogP contribution is 2.40. The van der Waals surface area contributed by atoms with Gasteiger partial charge in [0.15, 0.2) is 0 Å². The molecular weight excluding hydrogens is 402 g/mol. The van der Waals surface area contributed by atoms with Crippen molar-refractivity contribution in [1.29, 1.82) is 0 Å². The Balaban J connectivity index is 1.15. The van der Waals surface area contributed by atoms with Gasteiger partial charge in [0.05, 0.1) is 11.8 Å². The number of nitrogens with zero attached hydrogens (tertiary/aromatic N) is 5. The van der Waals surface area contributed by atoms with Crippen molar-refractivity contribution in [2.45, 2.75) is 45.2 Å². The van der Waals surface area contributed by atoms with E-state index in [1.54, 1.807) is 6.20 Å². The molecule has 2 amide bonds. The minimum atomic E-state index is -0.107. The van der Waals surface area contributed by atoms with Crippen LogP contribution in [0.15, 0.2) is 36.7 Å². The quantitative estimate of drug-likeness (QED) is 0.740. The number of amides is 2. The summed E-state index contributed by atoms with van der Waals surface area (Å²) in [6.07, 6.45) is 7.51. The van der Waals surface area contributed by atoms with E-state index in [0.29, 0.717) is 23.4 Å². The van der Waals surface area contributed by atoms with Gasteiger partial charge in [-0.05, 0) is 57.1 Å². The molecule has 0 radical (unpaired) electrons. The fourth-order valence-electron chi connectivity index (χ4n) is 5.68. The molecule has 7 nitrogen and oxygen atoms in total. The minimum absolute atomic E-state index is 0.0145. The molecule has 3 heterocycles. The average Bonchev–Trinajstić information content (AvgIpc) is 3.58. The highest BCUT2D eigenvalue weighted by molar-refractivity contribution is 5.94. The van der Waals surface area contributed by atoms with E-state index in [0.717, 1.165) is 58.4 Å². The third kappa shape index (κ3) is 4.18. The number of fused-ring (bicyclic) bond motifs is 1. The van der Waals surface area contributed by atoms with Crippen LogP contribution in [0.25, 0.3) is 0 Å². The molecule has 7 heteroatoms. The number of aryl methyl sites for hydroxylation is 1. The molecule has 2 aromatic rings. The molecule has 32 heavy (non-hydrogen) atoms. The molecule has 1 saturated carbocycles. The van der Waals surface area contributed by atoms with Crippen LogP contribution in [0.1, 0.15) is 47.2 Å². The molecular formula is C25H33N5O2. The first kappa shape index (κ1) is 21.2. The van der Waals surface area contributed by atoms with E-state index in [9.17, 15) is 9.59 Å². The first-order valence-electron chi connectivity index (χ1n) is 11.9. The van der Waals surface area contributed by atoms with Gasteiger partial charge in [0, 0.05) is 45.0 Å². The lowest BCUT2D eigenvalue weighted by Crippen LogP contribution is -2.36. The molecule has 3 fully saturated rings. The van der Waals surface area contributed by atoms with Crippen molar-refractivity contribution < 1.29 is 9.59 Å². The van der Waals surface area contributed by atoms with Crippen LogP contribution in [-0.4, -0.2) is 75.7 Å². The largest absolute Gasteiger partial charge is 0.344 e. The monoisotopic (exact) mass is 435 g/mol. The Bertz CT molecular complexity index is 964. The Morgan fingerprint density at radius 1 is 1.03 bits per heavy atom. The molecule has 2 saturated heterocycles. The highest BCUT2D eigenvalue weighted by Gasteiger charge is 2.43. The number of rotatable bonds is 4. The Morgan fingerprint density at radius 3 is 2.34 bits per heavy atom. The zero-order chi connectivity index (χ0) is 22.2. The minimum Gasteiger partial charge on any atom is -0.339 e. The molecule has 0 bridgehead atoms. The van der Waals surface area contributed by atoms with Crippen molar-refractivity contribution >= 4 is 11.9 Å². The third-order valence-corrected chi connectivity index (χ3v) is 7.59. The second-order valence-electron chi connectivity index (χ2n) is 9.91. The maximum Gasteiger partial charge on any atom is 0.344 e. The molecule has 3 atom stereocenters. The van der Waals surface area contributed by atoms with Crippen molar-refractivity contribution in [2.24, 2.45) is 11.8 Å². The number of carbonyl (C=O) groups is 2. The second-order valence-corrected chi connectivity index (χ2v) is 9.91. The van der Waals surface area contributed by atoms with Crippen molar-refractivity contribution in [3.63, 3.8) is 0 Å². The maximum atomic E-state index is 13.0. The first-order valence-corrected chi connectivity index (χ1v) is 11.9. The normalized spacial score (nSPS) is 25.0. The smallest absolute Gasteiger partial charge is 0.339 e. The summed E-state index contributed by atoms with van der Waals surface area (Å²) in [6, 6.07) is 9.25.